The standard InChI is InChI=1S/C15H15ClN2OS/c1-4-9-18-10(2)14(11(3)19)20-15(18)17-13-7-5-12(16)6-8-13/h4-8H,1,9H2,2-3H3. The molecule has 2 aromatic rings. The largest absolute Gasteiger partial charge is 0.317 e. The molecule has 0 spiro atoms. The molecule has 0 aliphatic carbocycles. The van der Waals surface area contributed by atoms with Gasteiger partial charge in [0.15, 0.2) is 10.6 Å². The maximum atomic E-state index is 11.6. The Morgan fingerprint density at radius 3 is 2.65 bits per heavy atom. The second-order valence-electron chi connectivity index (χ2n) is 4.34. The fourth-order valence-corrected chi connectivity index (χ4v) is 3.05. The van der Waals surface area contributed by atoms with Crippen molar-refractivity contribution in [2.45, 2.75) is 20.4 Å². The third kappa shape index (κ3) is 3.08. The first-order valence-electron chi connectivity index (χ1n) is 6.15. The van der Waals surface area contributed by atoms with Gasteiger partial charge in [0.25, 0.3) is 0 Å². The van der Waals surface area contributed by atoms with E-state index < -0.39 is 0 Å². The molecule has 0 unspecified atom stereocenters. The summed E-state index contributed by atoms with van der Waals surface area (Å²) in [4.78, 5) is 17.8. The second kappa shape index (κ2) is 6.20. The summed E-state index contributed by atoms with van der Waals surface area (Å²) >= 11 is 7.26. The van der Waals surface area contributed by atoms with Crippen molar-refractivity contribution in [3.63, 3.8) is 0 Å². The fraction of sp³-hybridized carbons (Fsp3) is 0.200. The average Bonchev–Trinajstić information content (AvgIpc) is 2.71. The zero-order valence-electron chi connectivity index (χ0n) is 11.4. The highest BCUT2D eigenvalue weighted by Gasteiger charge is 2.12. The highest BCUT2D eigenvalue weighted by atomic mass is 35.5. The van der Waals surface area contributed by atoms with Crippen LogP contribution in [-0.2, 0) is 6.54 Å². The minimum atomic E-state index is 0.0582. The molecule has 1 aromatic heterocycles. The van der Waals surface area contributed by atoms with Crippen LogP contribution in [0.2, 0.25) is 5.02 Å². The van der Waals surface area contributed by atoms with Gasteiger partial charge in [-0.15, -0.1) is 6.58 Å². The number of Topliss-reactive ketones (excluding diaryl/α,β-unsaturated/α-hetero) is 1. The molecule has 0 saturated heterocycles. The first kappa shape index (κ1) is 14.8. The van der Waals surface area contributed by atoms with Gasteiger partial charge >= 0.3 is 0 Å². The van der Waals surface area contributed by atoms with Crippen LogP contribution in [0.1, 0.15) is 22.3 Å². The highest BCUT2D eigenvalue weighted by molar-refractivity contribution is 7.11. The normalized spacial score (nSPS) is 11.7. The summed E-state index contributed by atoms with van der Waals surface area (Å²) < 4.78 is 1.99. The number of carbonyl (C=O) groups excluding carboxylic acids is 1. The van der Waals surface area contributed by atoms with Crippen LogP contribution in [0.4, 0.5) is 5.69 Å². The minimum absolute atomic E-state index is 0.0582. The van der Waals surface area contributed by atoms with Gasteiger partial charge in [0.2, 0.25) is 0 Å². The van der Waals surface area contributed by atoms with Crippen LogP contribution in [0.5, 0.6) is 0 Å². The Morgan fingerprint density at radius 2 is 2.10 bits per heavy atom. The number of nitrogens with zero attached hydrogens (tertiary/aromatic N) is 2. The Labute approximate surface area is 126 Å². The summed E-state index contributed by atoms with van der Waals surface area (Å²) in [5, 5.41) is 0.676. The molecule has 0 bridgehead atoms. The maximum Gasteiger partial charge on any atom is 0.191 e. The molecule has 5 heteroatoms. The number of hydrogen-bond donors (Lipinski definition) is 0. The van der Waals surface area contributed by atoms with E-state index in [0.29, 0.717) is 11.6 Å². The molecule has 104 valence electrons. The van der Waals surface area contributed by atoms with Gasteiger partial charge in [-0.1, -0.05) is 29.0 Å². The van der Waals surface area contributed by atoms with Crippen molar-refractivity contribution in [2.24, 2.45) is 4.99 Å². The molecule has 0 fully saturated rings. The molecule has 1 aromatic carbocycles. The van der Waals surface area contributed by atoms with Gasteiger partial charge in [-0.2, -0.15) is 0 Å². The number of thiazole rings is 1. The molecule has 1 heterocycles. The molecule has 0 atom stereocenters. The van der Waals surface area contributed by atoms with Crippen molar-refractivity contribution in [1.82, 2.24) is 4.57 Å². The number of ketones is 1. The predicted molar refractivity (Wildman–Crippen MR) is 83.9 cm³/mol. The van der Waals surface area contributed by atoms with Gasteiger partial charge in [-0.3, -0.25) is 4.79 Å². The Hall–Kier alpha value is -1.65. The van der Waals surface area contributed by atoms with E-state index in [-0.39, 0.29) is 5.78 Å². The number of rotatable bonds is 4. The molecule has 0 radical (unpaired) electrons. The Morgan fingerprint density at radius 1 is 1.45 bits per heavy atom. The van der Waals surface area contributed by atoms with E-state index in [1.807, 2.05) is 23.6 Å². The monoisotopic (exact) mass is 306 g/mol. The Bertz CT molecular complexity index is 710. The first-order chi connectivity index (χ1) is 9.52. The van der Waals surface area contributed by atoms with Crippen molar-refractivity contribution in [1.29, 1.82) is 0 Å². The van der Waals surface area contributed by atoms with E-state index in [1.165, 1.54) is 11.3 Å². The zero-order valence-corrected chi connectivity index (χ0v) is 13.0. The molecular formula is C15H15ClN2OS. The fourth-order valence-electron chi connectivity index (χ4n) is 1.87. The van der Waals surface area contributed by atoms with Crippen molar-refractivity contribution in [2.75, 3.05) is 0 Å². The van der Waals surface area contributed by atoms with Crippen LogP contribution >= 0.6 is 22.9 Å². The second-order valence-corrected chi connectivity index (χ2v) is 5.76. The van der Waals surface area contributed by atoms with E-state index >= 15 is 0 Å². The number of halogens is 1. The van der Waals surface area contributed by atoms with Crippen molar-refractivity contribution >= 4 is 34.4 Å². The molecular weight excluding hydrogens is 292 g/mol. The lowest BCUT2D eigenvalue weighted by Gasteiger charge is -2.02. The maximum absolute atomic E-state index is 11.6. The SMILES string of the molecule is C=CCn1c(C)c(C(C)=O)sc1=Nc1ccc(Cl)cc1. The zero-order chi connectivity index (χ0) is 14.7. The van der Waals surface area contributed by atoms with Crippen molar-refractivity contribution in [3.05, 3.63) is 57.3 Å². The number of benzene rings is 1. The highest BCUT2D eigenvalue weighted by Crippen LogP contribution is 2.18. The molecule has 0 amide bonds. The van der Waals surface area contributed by atoms with Crippen LogP contribution in [0, 0.1) is 6.92 Å². The number of carbonyl (C=O) groups is 1. The number of allylic oxidation sites excluding steroid dienone is 1. The van der Waals surface area contributed by atoms with Gasteiger partial charge in [-0.05, 0) is 31.2 Å². The first-order valence-corrected chi connectivity index (χ1v) is 7.34. The third-order valence-corrected chi connectivity index (χ3v) is 4.37. The van der Waals surface area contributed by atoms with E-state index in [9.17, 15) is 4.79 Å². The van der Waals surface area contributed by atoms with Crippen LogP contribution in [0.25, 0.3) is 0 Å². The topological polar surface area (TPSA) is 34.4 Å². The Balaban J connectivity index is 2.60. The lowest BCUT2D eigenvalue weighted by Crippen LogP contribution is -2.15. The van der Waals surface area contributed by atoms with E-state index in [1.54, 1.807) is 25.1 Å². The third-order valence-electron chi connectivity index (χ3n) is 2.84. The molecule has 0 aliphatic rings. The average molecular weight is 307 g/mol. The van der Waals surface area contributed by atoms with Gasteiger partial charge in [-0.25, -0.2) is 4.99 Å². The molecule has 2 rings (SSSR count). The van der Waals surface area contributed by atoms with E-state index in [2.05, 4.69) is 11.6 Å². The number of hydrogen-bond acceptors (Lipinski definition) is 3. The van der Waals surface area contributed by atoms with E-state index in [0.717, 1.165) is 21.1 Å². The summed E-state index contributed by atoms with van der Waals surface area (Å²) in [5.74, 6) is 0.0582. The smallest absolute Gasteiger partial charge is 0.191 e. The van der Waals surface area contributed by atoms with Crippen molar-refractivity contribution in [3.8, 4) is 0 Å². The van der Waals surface area contributed by atoms with Crippen LogP contribution in [-0.4, -0.2) is 10.4 Å². The number of aromatic nitrogens is 1. The lowest BCUT2D eigenvalue weighted by molar-refractivity contribution is 0.102. The lowest BCUT2D eigenvalue weighted by atomic mass is 10.3. The van der Waals surface area contributed by atoms with Crippen molar-refractivity contribution < 1.29 is 4.79 Å². The Kier molecular flexibility index (Phi) is 4.57. The summed E-state index contributed by atoms with van der Waals surface area (Å²) in [6.45, 7) is 7.88. The van der Waals surface area contributed by atoms with Gasteiger partial charge in [0.05, 0.1) is 10.6 Å². The van der Waals surface area contributed by atoms with Crippen LogP contribution < -0.4 is 4.80 Å². The molecule has 0 saturated carbocycles. The quantitative estimate of drug-likeness (QED) is 0.617. The summed E-state index contributed by atoms with van der Waals surface area (Å²) in [6, 6.07) is 7.29. The molecule has 0 N–H and O–H groups in total. The summed E-state index contributed by atoms with van der Waals surface area (Å²) in [5.41, 5.74) is 1.73. The predicted octanol–water partition coefficient (Wildman–Crippen LogP) is 4.13. The van der Waals surface area contributed by atoms with Crippen LogP contribution in [0.3, 0.4) is 0 Å². The molecule has 3 nitrogen and oxygen atoms in total. The summed E-state index contributed by atoms with van der Waals surface area (Å²) in [7, 11) is 0. The molecule has 20 heavy (non-hydrogen) atoms. The van der Waals surface area contributed by atoms with E-state index in [4.69, 9.17) is 11.6 Å². The van der Waals surface area contributed by atoms with Crippen LogP contribution in [0.15, 0.2) is 41.9 Å². The van der Waals surface area contributed by atoms with Gasteiger partial charge in [0, 0.05) is 24.2 Å². The molecule has 0 aliphatic heterocycles. The van der Waals surface area contributed by atoms with Gasteiger partial charge in [0.1, 0.15) is 0 Å². The van der Waals surface area contributed by atoms with Gasteiger partial charge < -0.3 is 4.57 Å². The minimum Gasteiger partial charge on any atom is -0.317 e. The summed E-state index contributed by atoms with van der Waals surface area (Å²) in [6.07, 6.45) is 1.80.